The summed E-state index contributed by atoms with van der Waals surface area (Å²) < 4.78 is 10.3. The molecule has 1 aromatic heterocycles. The van der Waals surface area contributed by atoms with Crippen LogP contribution in [0, 0.1) is 0 Å². The maximum absolute atomic E-state index is 5.13. The van der Waals surface area contributed by atoms with Crippen molar-refractivity contribution >= 4 is 0 Å². The third-order valence-corrected chi connectivity index (χ3v) is 2.09. The van der Waals surface area contributed by atoms with Gasteiger partial charge in [-0.1, -0.05) is 0 Å². The summed E-state index contributed by atoms with van der Waals surface area (Å²) in [7, 11) is 3.24. The Morgan fingerprint density at radius 1 is 1.33 bits per heavy atom. The van der Waals surface area contributed by atoms with Crippen LogP contribution in [-0.4, -0.2) is 36.5 Å². The monoisotopic (exact) mass is 211 g/mol. The first kappa shape index (κ1) is 12.0. The van der Waals surface area contributed by atoms with Crippen molar-refractivity contribution in [1.29, 1.82) is 0 Å². The first-order valence-corrected chi connectivity index (χ1v) is 4.81. The van der Waals surface area contributed by atoms with E-state index in [9.17, 15) is 0 Å². The summed E-state index contributed by atoms with van der Waals surface area (Å²) in [5.41, 5.74) is 0.898. The summed E-state index contributed by atoms with van der Waals surface area (Å²) in [4.78, 5) is 8.14. The number of rotatable bonds is 6. The number of nitrogens with one attached hydrogen (secondary N) is 1. The molecule has 0 radical (unpaired) electrons. The molecule has 15 heavy (non-hydrogen) atoms. The van der Waals surface area contributed by atoms with Crippen molar-refractivity contribution in [2.75, 3.05) is 14.2 Å². The van der Waals surface area contributed by atoms with Gasteiger partial charge in [0.05, 0.1) is 11.7 Å². The molecule has 1 N–H and O–H groups in total. The van der Waals surface area contributed by atoms with E-state index in [1.165, 1.54) is 0 Å². The van der Waals surface area contributed by atoms with Gasteiger partial charge in [-0.05, 0) is 6.92 Å². The van der Waals surface area contributed by atoms with Gasteiger partial charge in [0.25, 0.3) is 0 Å². The Morgan fingerprint density at radius 3 is 2.60 bits per heavy atom. The SMILES string of the molecule is COC(OC)C(C)NCc1cnccn1. The number of nitrogens with zero attached hydrogens (tertiary/aromatic N) is 2. The van der Waals surface area contributed by atoms with E-state index < -0.39 is 0 Å². The fraction of sp³-hybridized carbons (Fsp3) is 0.600. The van der Waals surface area contributed by atoms with Crippen LogP contribution in [0.4, 0.5) is 0 Å². The van der Waals surface area contributed by atoms with Gasteiger partial charge in [0.2, 0.25) is 0 Å². The van der Waals surface area contributed by atoms with Crippen molar-refractivity contribution in [2.45, 2.75) is 25.8 Å². The molecule has 0 amide bonds. The molecule has 0 aliphatic carbocycles. The quantitative estimate of drug-likeness (QED) is 0.697. The first-order valence-electron chi connectivity index (χ1n) is 4.81. The van der Waals surface area contributed by atoms with Gasteiger partial charge in [0.15, 0.2) is 6.29 Å². The van der Waals surface area contributed by atoms with E-state index in [1.54, 1.807) is 32.8 Å². The average Bonchev–Trinajstić information content (AvgIpc) is 2.29. The predicted molar refractivity (Wildman–Crippen MR) is 56.1 cm³/mol. The van der Waals surface area contributed by atoms with Crippen LogP contribution in [0.3, 0.4) is 0 Å². The number of hydrogen-bond acceptors (Lipinski definition) is 5. The second kappa shape index (κ2) is 6.44. The highest BCUT2D eigenvalue weighted by atomic mass is 16.7. The molecule has 0 spiro atoms. The Labute approximate surface area is 89.8 Å². The second-order valence-corrected chi connectivity index (χ2v) is 3.21. The smallest absolute Gasteiger partial charge is 0.171 e. The molecular formula is C10H17N3O2. The lowest BCUT2D eigenvalue weighted by Crippen LogP contribution is -2.39. The number of methoxy groups -OCH3 is 2. The largest absolute Gasteiger partial charge is 0.354 e. The lowest BCUT2D eigenvalue weighted by atomic mass is 10.3. The zero-order chi connectivity index (χ0) is 11.1. The Hall–Kier alpha value is -1.04. The molecule has 1 rings (SSSR count). The third-order valence-electron chi connectivity index (χ3n) is 2.09. The maximum Gasteiger partial charge on any atom is 0.171 e. The van der Waals surface area contributed by atoms with E-state index >= 15 is 0 Å². The minimum atomic E-state index is -0.248. The highest BCUT2D eigenvalue weighted by Gasteiger charge is 2.14. The molecule has 5 nitrogen and oxygen atoms in total. The van der Waals surface area contributed by atoms with Crippen LogP contribution in [0.1, 0.15) is 12.6 Å². The lowest BCUT2D eigenvalue weighted by molar-refractivity contribution is -0.119. The minimum Gasteiger partial charge on any atom is -0.354 e. The van der Waals surface area contributed by atoms with E-state index in [4.69, 9.17) is 9.47 Å². The van der Waals surface area contributed by atoms with E-state index in [0.717, 1.165) is 5.69 Å². The minimum absolute atomic E-state index is 0.0991. The molecule has 84 valence electrons. The highest BCUT2D eigenvalue weighted by Crippen LogP contribution is 1.99. The summed E-state index contributed by atoms with van der Waals surface area (Å²) in [6.07, 6.45) is 4.81. The molecule has 0 aromatic carbocycles. The van der Waals surface area contributed by atoms with Crippen molar-refractivity contribution in [3.63, 3.8) is 0 Å². The number of aromatic nitrogens is 2. The molecule has 1 aromatic rings. The van der Waals surface area contributed by atoms with Crippen LogP contribution in [0.5, 0.6) is 0 Å². The molecule has 1 atom stereocenters. The van der Waals surface area contributed by atoms with Gasteiger partial charge in [-0.2, -0.15) is 0 Å². The van der Waals surface area contributed by atoms with Gasteiger partial charge in [-0.3, -0.25) is 9.97 Å². The predicted octanol–water partition coefficient (Wildman–Crippen LogP) is 0.574. The topological polar surface area (TPSA) is 56.3 Å². The summed E-state index contributed by atoms with van der Waals surface area (Å²) in [5, 5.41) is 3.25. The second-order valence-electron chi connectivity index (χ2n) is 3.21. The Kier molecular flexibility index (Phi) is 5.17. The van der Waals surface area contributed by atoms with E-state index in [2.05, 4.69) is 15.3 Å². The number of hydrogen-bond donors (Lipinski definition) is 1. The van der Waals surface area contributed by atoms with E-state index in [1.807, 2.05) is 6.92 Å². The Balaban J connectivity index is 2.36. The molecule has 0 aliphatic rings. The summed E-state index contributed by atoms with van der Waals surface area (Å²) in [5.74, 6) is 0. The standard InChI is InChI=1S/C10H17N3O2/c1-8(10(14-2)15-3)13-7-9-6-11-4-5-12-9/h4-6,8,10,13H,7H2,1-3H3. The normalized spacial score (nSPS) is 13.1. The van der Waals surface area contributed by atoms with Gasteiger partial charge in [0.1, 0.15) is 0 Å². The molecule has 5 heteroatoms. The van der Waals surface area contributed by atoms with Crippen molar-refractivity contribution < 1.29 is 9.47 Å². The zero-order valence-corrected chi connectivity index (χ0v) is 9.30. The fourth-order valence-electron chi connectivity index (χ4n) is 1.29. The van der Waals surface area contributed by atoms with Crippen LogP contribution in [0.25, 0.3) is 0 Å². The highest BCUT2D eigenvalue weighted by molar-refractivity contribution is 4.94. The van der Waals surface area contributed by atoms with E-state index in [0.29, 0.717) is 6.54 Å². The lowest BCUT2D eigenvalue weighted by Gasteiger charge is -2.21. The summed E-state index contributed by atoms with van der Waals surface area (Å²) >= 11 is 0. The van der Waals surface area contributed by atoms with Crippen LogP contribution >= 0.6 is 0 Å². The van der Waals surface area contributed by atoms with Crippen LogP contribution in [0.15, 0.2) is 18.6 Å². The Morgan fingerprint density at radius 2 is 2.07 bits per heavy atom. The van der Waals surface area contributed by atoms with Crippen LogP contribution in [0.2, 0.25) is 0 Å². The summed E-state index contributed by atoms with van der Waals surface area (Å²) in [6.45, 7) is 2.65. The molecule has 0 bridgehead atoms. The first-order chi connectivity index (χ1) is 7.27. The molecule has 0 fully saturated rings. The van der Waals surface area contributed by atoms with Gasteiger partial charge in [-0.25, -0.2) is 0 Å². The van der Waals surface area contributed by atoms with Crippen LogP contribution < -0.4 is 5.32 Å². The molecular weight excluding hydrogens is 194 g/mol. The molecule has 1 unspecified atom stereocenters. The third kappa shape index (κ3) is 3.91. The van der Waals surface area contributed by atoms with Gasteiger partial charge in [0, 0.05) is 39.4 Å². The van der Waals surface area contributed by atoms with Gasteiger partial charge >= 0.3 is 0 Å². The zero-order valence-electron chi connectivity index (χ0n) is 9.30. The van der Waals surface area contributed by atoms with Crippen molar-refractivity contribution in [3.8, 4) is 0 Å². The van der Waals surface area contributed by atoms with Gasteiger partial charge < -0.3 is 14.8 Å². The maximum atomic E-state index is 5.13. The molecule has 0 aliphatic heterocycles. The average molecular weight is 211 g/mol. The van der Waals surface area contributed by atoms with Crippen molar-refractivity contribution in [2.24, 2.45) is 0 Å². The number of ether oxygens (including phenoxy) is 2. The molecule has 0 saturated carbocycles. The van der Waals surface area contributed by atoms with Crippen molar-refractivity contribution in [3.05, 3.63) is 24.3 Å². The molecule has 1 heterocycles. The molecule has 0 saturated heterocycles. The van der Waals surface area contributed by atoms with Crippen LogP contribution in [-0.2, 0) is 16.0 Å². The van der Waals surface area contributed by atoms with Crippen molar-refractivity contribution in [1.82, 2.24) is 15.3 Å². The fourth-order valence-corrected chi connectivity index (χ4v) is 1.29. The Bertz CT molecular complexity index is 265. The van der Waals surface area contributed by atoms with Gasteiger partial charge in [-0.15, -0.1) is 0 Å². The van der Waals surface area contributed by atoms with E-state index in [-0.39, 0.29) is 12.3 Å². The summed E-state index contributed by atoms with van der Waals surface area (Å²) in [6, 6.07) is 0.0991.